The van der Waals surface area contributed by atoms with Gasteiger partial charge in [0.15, 0.2) is 0 Å². The second kappa shape index (κ2) is 6.27. The molecule has 0 aromatic carbocycles. The lowest BCUT2D eigenvalue weighted by Gasteiger charge is -2.19. The predicted molar refractivity (Wildman–Crippen MR) is 58.7 cm³/mol. The number of allylic oxidation sites excluding steroid dienone is 2. The summed E-state index contributed by atoms with van der Waals surface area (Å²) in [5.41, 5.74) is 0. The lowest BCUT2D eigenvalue weighted by atomic mass is 9.86. The Hall–Kier alpha value is -0.258. The molecule has 0 unspecified atom stereocenters. The van der Waals surface area contributed by atoms with Crippen molar-refractivity contribution < 1.29 is 8.58 Å². The van der Waals surface area contributed by atoms with Gasteiger partial charge in [0, 0.05) is 5.76 Å². The summed E-state index contributed by atoms with van der Waals surface area (Å²) in [4.78, 5) is 9.65. The van der Waals surface area contributed by atoms with E-state index in [1.54, 1.807) is 6.08 Å². The number of hydrogen-bond donors (Lipinski definition) is 0. The van der Waals surface area contributed by atoms with Gasteiger partial charge in [-0.3, -0.25) is 21.4 Å². The first-order chi connectivity index (χ1) is 6.72. The van der Waals surface area contributed by atoms with Crippen LogP contribution in [-0.4, -0.2) is 27.2 Å². The zero-order valence-corrected chi connectivity index (χ0v) is 9.98. The molecule has 77 valence electrons. The van der Waals surface area contributed by atoms with Gasteiger partial charge in [-0.25, -0.2) is 0 Å². The first-order valence-corrected chi connectivity index (χ1v) is 5.79. The van der Waals surface area contributed by atoms with E-state index >= 15 is 0 Å². The van der Waals surface area contributed by atoms with Crippen molar-refractivity contribution in [2.45, 2.75) is 45.4 Å². The molecule has 0 atom stereocenters. The molecule has 0 aliphatic heterocycles. The highest BCUT2D eigenvalue weighted by atomic mass is 27.1. The van der Waals surface area contributed by atoms with Crippen LogP contribution in [0.3, 0.4) is 0 Å². The van der Waals surface area contributed by atoms with Crippen molar-refractivity contribution in [1.29, 1.82) is 0 Å². The van der Waals surface area contributed by atoms with Crippen molar-refractivity contribution in [2.75, 3.05) is 0 Å². The van der Waals surface area contributed by atoms with E-state index in [4.69, 9.17) is 3.79 Å². The van der Waals surface area contributed by atoms with Gasteiger partial charge in [-0.1, -0.05) is 19.3 Å². The molecule has 1 aliphatic carbocycles. The van der Waals surface area contributed by atoms with Crippen LogP contribution in [0.2, 0.25) is 0 Å². The maximum Gasteiger partial charge on any atom is 0.319 e. The van der Waals surface area contributed by atoms with Gasteiger partial charge in [0.05, 0.1) is 12.5 Å². The van der Waals surface area contributed by atoms with Gasteiger partial charge in [-0.2, -0.15) is 0 Å². The molecule has 14 heavy (non-hydrogen) atoms. The summed E-state index contributed by atoms with van der Waals surface area (Å²) in [6.07, 6.45) is 9.05. The summed E-state index contributed by atoms with van der Waals surface area (Å²) in [6, 6.07) is 0. The number of rotatable bonds is 4. The fourth-order valence-corrected chi connectivity index (χ4v) is 2.08. The van der Waals surface area contributed by atoms with E-state index in [2.05, 4.69) is 16.6 Å². The number of ketones is 1. The Bertz CT molecular complexity index is 217. The first-order valence-electron chi connectivity index (χ1n) is 5.32. The zero-order chi connectivity index (χ0) is 10.4. The van der Waals surface area contributed by atoms with Crippen molar-refractivity contribution in [2.24, 2.45) is 5.92 Å². The molecule has 3 radical (unpaired) electrons. The Labute approximate surface area is 94.5 Å². The van der Waals surface area contributed by atoms with E-state index in [0.29, 0.717) is 11.7 Å². The van der Waals surface area contributed by atoms with E-state index in [1.165, 1.54) is 32.1 Å². The van der Waals surface area contributed by atoms with Crippen LogP contribution in [0.25, 0.3) is 0 Å². The maximum atomic E-state index is 9.65. The topological polar surface area (TPSA) is 30.6 Å². The second-order valence-corrected chi connectivity index (χ2v) is 4.31. The molecule has 0 aromatic rings. The molecule has 1 N–H and O–H groups in total. The number of hydrogen-bond acceptors (Lipinski definition) is 1. The highest BCUT2D eigenvalue weighted by molar-refractivity contribution is 5.99. The van der Waals surface area contributed by atoms with E-state index in [-0.39, 0.29) is 0 Å². The van der Waals surface area contributed by atoms with Crippen LogP contribution in [0.5, 0.6) is 0 Å². The van der Waals surface area contributed by atoms with Gasteiger partial charge in [0.2, 0.25) is 0 Å². The van der Waals surface area contributed by atoms with Gasteiger partial charge in [-0.05, 0) is 25.7 Å². The van der Waals surface area contributed by atoms with Crippen LogP contribution >= 0.6 is 0 Å². The molecule has 1 saturated carbocycles. The Kier molecular flexibility index (Phi) is 5.29. The fourth-order valence-electron chi connectivity index (χ4n) is 2.01. The molecule has 0 aromatic heterocycles. The fraction of sp³-hybridized carbons (Fsp3) is 0.727. The normalized spacial score (nSPS) is 19.4. The average molecular weight is 209 g/mol. The molecular formula is C11H18AlO2. The third-order valence-electron chi connectivity index (χ3n) is 2.78. The van der Waals surface area contributed by atoms with Crippen molar-refractivity contribution >= 4 is 22.4 Å². The maximum absolute atomic E-state index is 9.65. The van der Waals surface area contributed by atoms with Gasteiger partial charge in [0.1, 0.15) is 0 Å². The minimum atomic E-state index is 0.455. The summed E-state index contributed by atoms with van der Waals surface area (Å²) in [7, 11) is 0. The quantitative estimate of drug-likeness (QED) is 0.303. The lowest BCUT2D eigenvalue weighted by Crippen LogP contribution is -2.11. The highest BCUT2D eigenvalue weighted by Crippen LogP contribution is 2.26. The van der Waals surface area contributed by atoms with E-state index in [0.717, 1.165) is 12.2 Å². The van der Waals surface area contributed by atoms with Crippen molar-refractivity contribution in [3.63, 3.8) is 0 Å². The minimum Gasteiger partial charge on any atom is -0.881 e. The third-order valence-corrected chi connectivity index (χ3v) is 3.15. The predicted octanol–water partition coefficient (Wildman–Crippen LogP) is 2.51. The Morgan fingerprint density at radius 3 is 2.64 bits per heavy atom. The van der Waals surface area contributed by atoms with E-state index < -0.39 is 0 Å². The summed E-state index contributed by atoms with van der Waals surface area (Å²) in [6.45, 7) is 1.84. The Morgan fingerprint density at radius 2 is 2.07 bits per heavy atom. The molecular weight excluding hydrogens is 191 g/mol. The monoisotopic (exact) mass is 209 g/mol. The van der Waals surface area contributed by atoms with Crippen LogP contribution in [-0.2, 0) is 3.79 Å². The van der Waals surface area contributed by atoms with Crippen molar-refractivity contribution in [3.8, 4) is 0 Å². The minimum absolute atomic E-state index is 0.455. The second-order valence-electron chi connectivity index (χ2n) is 4.07. The van der Waals surface area contributed by atoms with Crippen LogP contribution in [0, 0.1) is 5.92 Å². The third kappa shape index (κ3) is 4.30. The SMILES string of the molecule is C/C(=C/C(=[OH+])CC1CCCCC1)[O][Al-]. The molecule has 1 aliphatic rings. The molecule has 0 bridgehead atoms. The summed E-state index contributed by atoms with van der Waals surface area (Å²) in [5, 5.41) is 0. The molecule has 1 rings (SSSR count). The Balaban J connectivity index is 2.32. The number of carbonyl (C=O) groups excluding carboxylic acids is 1. The summed E-state index contributed by atoms with van der Waals surface area (Å²) < 4.78 is 4.91. The standard InChI is InChI=1S/C11H18O2.Al/c1-9(12)7-11(13)8-10-5-3-2-4-6-10;/h7,10,12H,2-6,8H2,1H3;/b9-7-;. The van der Waals surface area contributed by atoms with Gasteiger partial charge in [0.25, 0.3) is 0 Å². The Morgan fingerprint density at radius 1 is 1.43 bits per heavy atom. The van der Waals surface area contributed by atoms with Crippen LogP contribution in [0.1, 0.15) is 45.4 Å². The molecule has 0 amide bonds. The molecule has 2 nitrogen and oxygen atoms in total. The van der Waals surface area contributed by atoms with Crippen LogP contribution in [0.4, 0.5) is 0 Å². The van der Waals surface area contributed by atoms with Gasteiger partial charge in [-0.15, -0.1) is 0 Å². The molecule has 3 heteroatoms. The van der Waals surface area contributed by atoms with Crippen LogP contribution in [0.15, 0.2) is 11.8 Å². The molecule has 0 spiro atoms. The van der Waals surface area contributed by atoms with E-state index in [1.807, 2.05) is 6.92 Å². The molecule has 0 heterocycles. The molecule has 1 fully saturated rings. The van der Waals surface area contributed by atoms with Gasteiger partial charge >= 0.3 is 5.78 Å². The zero-order valence-electron chi connectivity index (χ0n) is 8.83. The molecule has 0 saturated heterocycles. The van der Waals surface area contributed by atoms with Gasteiger partial charge < -0.3 is 3.79 Å². The highest BCUT2D eigenvalue weighted by Gasteiger charge is 2.18. The first kappa shape index (κ1) is 11.8. The lowest BCUT2D eigenvalue weighted by molar-refractivity contribution is 0.363. The average Bonchev–Trinajstić information content (AvgIpc) is 2.19. The largest absolute Gasteiger partial charge is 0.881 e. The van der Waals surface area contributed by atoms with Crippen LogP contribution < -0.4 is 0 Å². The summed E-state index contributed by atoms with van der Waals surface area (Å²) >= 11 is 2.18. The van der Waals surface area contributed by atoms with Crippen molar-refractivity contribution in [1.82, 2.24) is 0 Å². The van der Waals surface area contributed by atoms with E-state index in [9.17, 15) is 4.79 Å². The summed E-state index contributed by atoms with van der Waals surface area (Å²) in [5.74, 6) is 1.87. The van der Waals surface area contributed by atoms with Crippen molar-refractivity contribution in [3.05, 3.63) is 11.8 Å². The smallest absolute Gasteiger partial charge is 0.319 e.